The van der Waals surface area contributed by atoms with Gasteiger partial charge in [-0.2, -0.15) is 0 Å². The molecule has 2 rings (SSSR count). The van der Waals surface area contributed by atoms with Crippen molar-refractivity contribution < 1.29 is 14.0 Å². The van der Waals surface area contributed by atoms with Crippen LogP contribution in [-0.2, 0) is 16.0 Å². The zero-order valence-electron chi connectivity index (χ0n) is 12.3. The maximum absolute atomic E-state index is 11.6. The van der Waals surface area contributed by atoms with Crippen molar-refractivity contribution in [1.29, 1.82) is 0 Å². The van der Waals surface area contributed by atoms with Crippen LogP contribution in [0, 0.1) is 6.92 Å². The third kappa shape index (κ3) is 5.28. The first kappa shape index (κ1) is 15.6. The molecule has 5 nitrogen and oxygen atoms in total. The summed E-state index contributed by atoms with van der Waals surface area (Å²) in [5.74, 6) is 0.707. The molecular weight excluding hydrogens is 280 g/mol. The van der Waals surface area contributed by atoms with E-state index in [9.17, 15) is 9.59 Å². The molecule has 0 spiro atoms. The fourth-order valence-electron chi connectivity index (χ4n) is 1.84. The van der Waals surface area contributed by atoms with Crippen LogP contribution < -0.4 is 10.9 Å². The second-order valence-corrected chi connectivity index (χ2v) is 4.80. The number of rotatable bonds is 5. The molecule has 0 saturated heterocycles. The first-order valence-electron chi connectivity index (χ1n) is 7.01. The second kappa shape index (κ2) is 7.83. The Labute approximate surface area is 129 Å². The highest BCUT2D eigenvalue weighted by molar-refractivity contribution is 5.92. The SMILES string of the molecule is Cc1ccc(/C=C/C(=O)NNC(=O)CCc2ccccc2)o1. The highest BCUT2D eigenvalue weighted by atomic mass is 16.3. The van der Waals surface area contributed by atoms with Crippen LogP contribution in [0.4, 0.5) is 0 Å². The summed E-state index contributed by atoms with van der Waals surface area (Å²) in [6.07, 6.45) is 3.78. The number of carbonyl (C=O) groups excluding carboxylic acids is 2. The zero-order valence-corrected chi connectivity index (χ0v) is 12.3. The molecule has 22 heavy (non-hydrogen) atoms. The van der Waals surface area contributed by atoms with Gasteiger partial charge < -0.3 is 4.42 Å². The maximum atomic E-state index is 11.6. The van der Waals surface area contributed by atoms with E-state index < -0.39 is 5.91 Å². The first-order valence-corrected chi connectivity index (χ1v) is 7.01. The van der Waals surface area contributed by atoms with Gasteiger partial charge in [-0.05, 0) is 37.1 Å². The lowest BCUT2D eigenvalue weighted by Gasteiger charge is -2.05. The lowest BCUT2D eigenvalue weighted by atomic mass is 10.1. The summed E-state index contributed by atoms with van der Waals surface area (Å²) in [7, 11) is 0. The minimum Gasteiger partial charge on any atom is -0.462 e. The lowest BCUT2D eigenvalue weighted by molar-refractivity contribution is -0.126. The molecule has 0 atom stereocenters. The minimum absolute atomic E-state index is 0.237. The van der Waals surface area contributed by atoms with E-state index in [-0.39, 0.29) is 5.91 Å². The van der Waals surface area contributed by atoms with Crippen molar-refractivity contribution in [3.63, 3.8) is 0 Å². The normalized spacial score (nSPS) is 10.6. The number of hydrazine groups is 1. The summed E-state index contributed by atoms with van der Waals surface area (Å²) in [6, 6.07) is 13.3. The van der Waals surface area contributed by atoms with Crippen molar-refractivity contribution in [1.82, 2.24) is 10.9 Å². The molecule has 1 aromatic heterocycles. The van der Waals surface area contributed by atoms with Gasteiger partial charge in [-0.3, -0.25) is 20.4 Å². The molecule has 0 radical (unpaired) electrons. The summed E-state index contributed by atoms with van der Waals surface area (Å²) in [6.45, 7) is 1.82. The first-order chi connectivity index (χ1) is 10.6. The van der Waals surface area contributed by atoms with E-state index in [0.717, 1.165) is 11.3 Å². The number of nitrogens with one attached hydrogen (secondary N) is 2. The molecule has 0 saturated carbocycles. The molecule has 1 aromatic carbocycles. The Balaban J connectivity index is 1.69. The van der Waals surface area contributed by atoms with Crippen LogP contribution >= 0.6 is 0 Å². The molecule has 5 heteroatoms. The van der Waals surface area contributed by atoms with E-state index in [1.165, 1.54) is 6.08 Å². The number of carbonyl (C=O) groups is 2. The number of amides is 2. The molecule has 0 aliphatic heterocycles. The van der Waals surface area contributed by atoms with Crippen molar-refractivity contribution in [2.24, 2.45) is 0 Å². The average Bonchev–Trinajstić information content (AvgIpc) is 2.95. The molecule has 0 unspecified atom stereocenters. The van der Waals surface area contributed by atoms with Crippen LogP contribution in [0.25, 0.3) is 6.08 Å². The summed E-state index contributed by atoms with van der Waals surface area (Å²) in [4.78, 5) is 23.2. The van der Waals surface area contributed by atoms with Gasteiger partial charge in [0.15, 0.2) is 0 Å². The molecule has 2 aromatic rings. The third-order valence-corrected chi connectivity index (χ3v) is 2.97. The van der Waals surface area contributed by atoms with Crippen LogP contribution in [-0.4, -0.2) is 11.8 Å². The number of benzene rings is 1. The van der Waals surface area contributed by atoms with Gasteiger partial charge >= 0.3 is 0 Å². The van der Waals surface area contributed by atoms with Gasteiger partial charge in [0.25, 0.3) is 5.91 Å². The quantitative estimate of drug-likeness (QED) is 0.657. The van der Waals surface area contributed by atoms with Crippen molar-refractivity contribution in [2.45, 2.75) is 19.8 Å². The Morgan fingerprint density at radius 3 is 2.55 bits per heavy atom. The number of furan rings is 1. The number of hydrogen-bond donors (Lipinski definition) is 2. The van der Waals surface area contributed by atoms with Crippen LogP contribution in [0.1, 0.15) is 23.5 Å². The summed E-state index contributed by atoms with van der Waals surface area (Å²) in [5, 5.41) is 0. The standard InChI is InChI=1S/C17H18N2O3/c1-13-7-9-15(22-13)10-12-17(21)19-18-16(20)11-8-14-5-3-2-4-6-14/h2-7,9-10,12H,8,11H2,1H3,(H,18,20)(H,19,21)/b12-10+. The molecule has 1 heterocycles. The van der Waals surface area contributed by atoms with Crippen LogP contribution in [0.5, 0.6) is 0 Å². The van der Waals surface area contributed by atoms with E-state index >= 15 is 0 Å². The number of hydrogen-bond acceptors (Lipinski definition) is 3. The molecule has 114 valence electrons. The lowest BCUT2D eigenvalue weighted by Crippen LogP contribution is -2.40. The Hall–Kier alpha value is -2.82. The van der Waals surface area contributed by atoms with Crippen molar-refractivity contribution >= 4 is 17.9 Å². The van der Waals surface area contributed by atoms with Gasteiger partial charge in [-0.1, -0.05) is 30.3 Å². The molecule has 2 amide bonds. The Morgan fingerprint density at radius 1 is 1.09 bits per heavy atom. The van der Waals surface area contributed by atoms with Crippen molar-refractivity contribution in [2.75, 3.05) is 0 Å². The minimum atomic E-state index is -0.415. The topological polar surface area (TPSA) is 71.3 Å². The monoisotopic (exact) mass is 298 g/mol. The van der Waals surface area contributed by atoms with Gasteiger partial charge in [0.05, 0.1) is 0 Å². The van der Waals surface area contributed by atoms with Crippen molar-refractivity contribution in [3.8, 4) is 0 Å². The summed E-state index contributed by atoms with van der Waals surface area (Å²) in [5.41, 5.74) is 5.78. The summed E-state index contributed by atoms with van der Waals surface area (Å²) < 4.78 is 5.29. The predicted octanol–water partition coefficient (Wildman–Crippen LogP) is 2.38. The molecule has 0 fully saturated rings. The van der Waals surface area contributed by atoms with E-state index in [0.29, 0.717) is 18.6 Å². The zero-order chi connectivity index (χ0) is 15.8. The van der Waals surface area contributed by atoms with Crippen LogP contribution in [0.15, 0.2) is 53.0 Å². The highest BCUT2D eigenvalue weighted by Gasteiger charge is 2.03. The third-order valence-electron chi connectivity index (χ3n) is 2.97. The molecule has 0 bridgehead atoms. The van der Waals surface area contributed by atoms with E-state index in [1.54, 1.807) is 12.1 Å². The average molecular weight is 298 g/mol. The van der Waals surface area contributed by atoms with Gasteiger partial charge in [0.2, 0.25) is 5.91 Å². The second-order valence-electron chi connectivity index (χ2n) is 4.80. The number of aryl methyl sites for hydroxylation is 2. The van der Waals surface area contributed by atoms with Gasteiger partial charge in [-0.25, -0.2) is 0 Å². The van der Waals surface area contributed by atoms with Gasteiger partial charge in [0.1, 0.15) is 11.5 Å². The van der Waals surface area contributed by atoms with E-state index in [1.807, 2.05) is 43.3 Å². The Morgan fingerprint density at radius 2 is 1.86 bits per heavy atom. The van der Waals surface area contributed by atoms with Gasteiger partial charge in [-0.15, -0.1) is 0 Å². The molecule has 0 aliphatic rings. The fourth-order valence-corrected chi connectivity index (χ4v) is 1.84. The van der Waals surface area contributed by atoms with Crippen LogP contribution in [0.3, 0.4) is 0 Å². The van der Waals surface area contributed by atoms with Gasteiger partial charge in [0, 0.05) is 12.5 Å². The Bertz CT molecular complexity index is 660. The Kier molecular flexibility index (Phi) is 5.54. The van der Waals surface area contributed by atoms with Crippen LogP contribution in [0.2, 0.25) is 0 Å². The predicted molar refractivity (Wildman–Crippen MR) is 83.5 cm³/mol. The van der Waals surface area contributed by atoms with E-state index in [2.05, 4.69) is 10.9 Å². The van der Waals surface area contributed by atoms with E-state index in [4.69, 9.17) is 4.42 Å². The highest BCUT2D eigenvalue weighted by Crippen LogP contribution is 2.07. The fraction of sp³-hybridized carbons (Fsp3) is 0.176. The summed E-state index contributed by atoms with van der Waals surface area (Å²) >= 11 is 0. The molecule has 0 aliphatic carbocycles. The molecular formula is C17H18N2O3. The smallest absolute Gasteiger partial charge is 0.262 e. The largest absolute Gasteiger partial charge is 0.462 e. The van der Waals surface area contributed by atoms with Crippen molar-refractivity contribution in [3.05, 3.63) is 65.6 Å². The molecule has 2 N–H and O–H groups in total. The maximum Gasteiger partial charge on any atom is 0.262 e.